The quantitative estimate of drug-likeness (QED) is 0.692. The third kappa shape index (κ3) is 6.59. The van der Waals surface area contributed by atoms with Gasteiger partial charge in [0.2, 0.25) is 11.8 Å². The standard InChI is InChI=1S/C13H27N3O2/c1-12(2,3)11(18)15-8-9(14-7)10(17)16-13(4,5)6/h9,14H,8H2,1-7H3,(H,15,18)(H,16,17). The summed E-state index contributed by atoms with van der Waals surface area (Å²) in [6.07, 6.45) is 0. The fourth-order valence-electron chi connectivity index (χ4n) is 1.24. The predicted octanol–water partition coefficient (Wildman–Crippen LogP) is 0.651. The van der Waals surface area contributed by atoms with E-state index in [2.05, 4.69) is 16.0 Å². The predicted molar refractivity (Wildman–Crippen MR) is 73.2 cm³/mol. The number of rotatable bonds is 4. The SMILES string of the molecule is CNC(CNC(=O)C(C)(C)C)C(=O)NC(C)(C)C. The zero-order valence-electron chi connectivity index (χ0n) is 12.6. The first-order valence-electron chi connectivity index (χ1n) is 6.25. The zero-order valence-corrected chi connectivity index (χ0v) is 12.6. The lowest BCUT2D eigenvalue weighted by molar-refractivity contribution is -0.129. The van der Waals surface area contributed by atoms with E-state index in [1.807, 2.05) is 41.5 Å². The average molecular weight is 257 g/mol. The average Bonchev–Trinajstić information content (AvgIpc) is 2.13. The van der Waals surface area contributed by atoms with Gasteiger partial charge in [-0.1, -0.05) is 20.8 Å². The number of nitrogens with one attached hydrogen (secondary N) is 3. The Morgan fingerprint density at radius 1 is 1.06 bits per heavy atom. The van der Waals surface area contributed by atoms with Gasteiger partial charge < -0.3 is 16.0 Å². The molecule has 106 valence electrons. The van der Waals surface area contributed by atoms with Crippen LogP contribution in [0.4, 0.5) is 0 Å². The van der Waals surface area contributed by atoms with Crippen molar-refractivity contribution in [2.45, 2.75) is 53.1 Å². The smallest absolute Gasteiger partial charge is 0.239 e. The Balaban J connectivity index is 4.37. The van der Waals surface area contributed by atoms with Crippen LogP contribution in [0.25, 0.3) is 0 Å². The van der Waals surface area contributed by atoms with Gasteiger partial charge in [0.15, 0.2) is 0 Å². The van der Waals surface area contributed by atoms with Crippen LogP contribution in [0.3, 0.4) is 0 Å². The molecule has 1 unspecified atom stereocenters. The minimum absolute atomic E-state index is 0.0636. The monoisotopic (exact) mass is 257 g/mol. The van der Waals surface area contributed by atoms with Crippen molar-refractivity contribution in [1.29, 1.82) is 0 Å². The van der Waals surface area contributed by atoms with E-state index >= 15 is 0 Å². The number of hydrogen-bond donors (Lipinski definition) is 3. The summed E-state index contributed by atoms with van der Waals surface area (Å²) in [5.41, 5.74) is -0.723. The summed E-state index contributed by atoms with van der Waals surface area (Å²) < 4.78 is 0. The van der Waals surface area contributed by atoms with Gasteiger partial charge in [-0.15, -0.1) is 0 Å². The topological polar surface area (TPSA) is 70.2 Å². The van der Waals surface area contributed by atoms with Crippen molar-refractivity contribution >= 4 is 11.8 Å². The van der Waals surface area contributed by atoms with Gasteiger partial charge in [-0.2, -0.15) is 0 Å². The van der Waals surface area contributed by atoms with Crippen LogP contribution in [-0.4, -0.2) is 37.0 Å². The van der Waals surface area contributed by atoms with Crippen molar-refractivity contribution in [1.82, 2.24) is 16.0 Å². The Labute approximate surface area is 110 Å². The fourth-order valence-corrected chi connectivity index (χ4v) is 1.24. The number of carbonyl (C=O) groups excluding carboxylic acids is 2. The van der Waals surface area contributed by atoms with Crippen LogP contribution in [-0.2, 0) is 9.59 Å². The van der Waals surface area contributed by atoms with Crippen LogP contribution in [0, 0.1) is 5.41 Å². The van der Waals surface area contributed by atoms with Gasteiger partial charge in [-0.05, 0) is 27.8 Å². The molecule has 3 N–H and O–H groups in total. The number of hydrogen-bond acceptors (Lipinski definition) is 3. The van der Waals surface area contributed by atoms with Gasteiger partial charge in [0.05, 0.1) is 0 Å². The van der Waals surface area contributed by atoms with Gasteiger partial charge in [-0.3, -0.25) is 9.59 Å². The summed E-state index contributed by atoms with van der Waals surface area (Å²) in [5.74, 6) is -0.175. The molecule has 0 radical (unpaired) electrons. The largest absolute Gasteiger partial charge is 0.354 e. The van der Waals surface area contributed by atoms with Crippen LogP contribution < -0.4 is 16.0 Å². The molecule has 0 aromatic carbocycles. The fraction of sp³-hybridized carbons (Fsp3) is 0.846. The maximum absolute atomic E-state index is 11.9. The van der Waals surface area contributed by atoms with E-state index in [-0.39, 0.29) is 23.9 Å². The first kappa shape index (κ1) is 16.9. The lowest BCUT2D eigenvalue weighted by Gasteiger charge is -2.26. The summed E-state index contributed by atoms with van der Waals surface area (Å²) in [4.78, 5) is 23.6. The number of amides is 2. The van der Waals surface area contributed by atoms with Gasteiger partial charge in [0.1, 0.15) is 6.04 Å². The highest BCUT2D eigenvalue weighted by atomic mass is 16.2. The minimum Gasteiger partial charge on any atom is -0.354 e. The molecule has 2 amide bonds. The highest BCUT2D eigenvalue weighted by Gasteiger charge is 2.25. The highest BCUT2D eigenvalue weighted by Crippen LogP contribution is 2.12. The molecule has 5 heteroatoms. The molecule has 18 heavy (non-hydrogen) atoms. The third-order valence-corrected chi connectivity index (χ3v) is 2.31. The van der Waals surface area contributed by atoms with Gasteiger partial charge in [-0.25, -0.2) is 0 Å². The molecule has 0 rings (SSSR count). The van der Waals surface area contributed by atoms with Crippen molar-refractivity contribution in [2.24, 2.45) is 5.41 Å². The summed E-state index contributed by atoms with van der Waals surface area (Å²) in [6, 6.07) is -0.421. The third-order valence-electron chi connectivity index (χ3n) is 2.31. The van der Waals surface area contributed by atoms with Crippen molar-refractivity contribution in [3.63, 3.8) is 0 Å². The van der Waals surface area contributed by atoms with Crippen molar-refractivity contribution < 1.29 is 9.59 Å². The Hall–Kier alpha value is -1.10. The van der Waals surface area contributed by atoms with E-state index in [1.54, 1.807) is 7.05 Å². The van der Waals surface area contributed by atoms with Crippen molar-refractivity contribution in [2.75, 3.05) is 13.6 Å². The summed E-state index contributed by atoms with van der Waals surface area (Å²) in [7, 11) is 1.70. The molecular weight excluding hydrogens is 230 g/mol. The molecule has 0 saturated heterocycles. The molecule has 0 heterocycles. The maximum atomic E-state index is 11.9. The van der Waals surface area contributed by atoms with Crippen LogP contribution in [0.1, 0.15) is 41.5 Å². The van der Waals surface area contributed by atoms with Gasteiger partial charge in [0.25, 0.3) is 0 Å². The van der Waals surface area contributed by atoms with E-state index in [1.165, 1.54) is 0 Å². The highest BCUT2D eigenvalue weighted by molar-refractivity contribution is 5.85. The van der Waals surface area contributed by atoms with E-state index in [9.17, 15) is 9.59 Å². The Morgan fingerprint density at radius 2 is 1.56 bits per heavy atom. The molecule has 0 aliphatic rings. The summed E-state index contributed by atoms with van der Waals surface area (Å²) in [6.45, 7) is 11.6. The van der Waals surface area contributed by atoms with Crippen LogP contribution in [0.2, 0.25) is 0 Å². The molecule has 1 atom stereocenters. The molecule has 0 bridgehead atoms. The molecular formula is C13H27N3O2. The molecule has 0 aromatic heterocycles. The lowest BCUT2D eigenvalue weighted by atomic mass is 9.95. The molecule has 0 saturated carbocycles. The van der Waals surface area contributed by atoms with Gasteiger partial charge in [0, 0.05) is 17.5 Å². The second kappa shape index (κ2) is 6.18. The van der Waals surface area contributed by atoms with Crippen molar-refractivity contribution in [3.8, 4) is 0 Å². The molecule has 0 aliphatic carbocycles. The first-order valence-corrected chi connectivity index (χ1v) is 6.25. The van der Waals surface area contributed by atoms with E-state index < -0.39 is 11.5 Å². The minimum atomic E-state index is -0.446. The number of likely N-dealkylation sites (N-methyl/N-ethyl adjacent to an activating group) is 1. The van der Waals surface area contributed by atoms with E-state index in [0.717, 1.165) is 0 Å². The van der Waals surface area contributed by atoms with Crippen LogP contribution in [0.15, 0.2) is 0 Å². The molecule has 0 aliphatic heterocycles. The molecule has 0 spiro atoms. The summed E-state index contributed by atoms with van der Waals surface area (Å²) in [5, 5.41) is 8.56. The Morgan fingerprint density at radius 3 is 1.89 bits per heavy atom. The zero-order chi connectivity index (χ0) is 14.6. The molecule has 0 aromatic rings. The maximum Gasteiger partial charge on any atom is 0.239 e. The van der Waals surface area contributed by atoms with Gasteiger partial charge >= 0.3 is 0 Å². The Kier molecular flexibility index (Phi) is 5.80. The molecule has 5 nitrogen and oxygen atoms in total. The lowest BCUT2D eigenvalue weighted by Crippen LogP contribution is -2.54. The van der Waals surface area contributed by atoms with E-state index in [0.29, 0.717) is 0 Å². The Bertz CT molecular complexity index is 300. The number of carbonyl (C=O) groups is 2. The van der Waals surface area contributed by atoms with E-state index in [4.69, 9.17) is 0 Å². The second-order valence-electron chi connectivity index (χ2n) is 6.54. The van der Waals surface area contributed by atoms with Crippen LogP contribution in [0.5, 0.6) is 0 Å². The van der Waals surface area contributed by atoms with Crippen molar-refractivity contribution in [3.05, 3.63) is 0 Å². The first-order chi connectivity index (χ1) is 7.97. The van der Waals surface area contributed by atoms with Crippen LogP contribution >= 0.6 is 0 Å². The normalized spacial score (nSPS) is 13.9. The molecule has 0 fully saturated rings. The second-order valence-corrected chi connectivity index (χ2v) is 6.54. The summed E-state index contributed by atoms with van der Waals surface area (Å²) >= 11 is 0.